The minimum atomic E-state index is -4.20. The van der Waals surface area contributed by atoms with Gasteiger partial charge in [-0.3, -0.25) is 0 Å². The first-order valence-corrected chi connectivity index (χ1v) is 6.82. The molecule has 0 bridgehead atoms. The van der Waals surface area contributed by atoms with Crippen LogP contribution in [-0.4, -0.2) is 36.9 Å². The Balaban J connectivity index is 1.68. The summed E-state index contributed by atoms with van der Waals surface area (Å²) in [5, 5.41) is 8.05. The number of piperidine rings is 1. The number of rotatable bonds is 2. The first-order valence-electron chi connectivity index (χ1n) is 6.82. The SMILES string of the molecule is O=C(NC1CCCC1)NC1CCC(C(F)(F)F)NC1. The number of halogens is 3. The molecule has 2 fully saturated rings. The molecule has 0 radical (unpaired) electrons. The molecule has 1 aliphatic carbocycles. The highest BCUT2D eigenvalue weighted by atomic mass is 19.4. The van der Waals surface area contributed by atoms with Crippen molar-refractivity contribution in [2.75, 3.05) is 6.54 Å². The Kier molecular flexibility index (Phi) is 4.54. The fourth-order valence-corrected chi connectivity index (χ4v) is 2.74. The van der Waals surface area contributed by atoms with E-state index in [0.29, 0.717) is 6.42 Å². The lowest BCUT2D eigenvalue weighted by Crippen LogP contribution is -2.56. The maximum atomic E-state index is 12.4. The molecule has 2 rings (SSSR count). The molecule has 1 aliphatic heterocycles. The Bertz CT molecular complexity index is 308. The molecule has 2 atom stereocenters. The van der Waals surface area contributed by atoms with Gasteiger partial charge in [-0.15, -0.1) is 0 Å². The fraction of sp³-hybridized carbons (Fsp3) is 0.917. The van der Waals surface area contributed by atoms with Gasteiger partial charge >= 0.3 is 12.2 Å². The zero-order valence-electron chi connectivity index (χ0n) is 10.7. The summed E-state index contributed by atoms with van der Waals surface area (Å²) in [5.74, 6) is 0. The lowest BCUT2D eigenvalue weighted by Gasteiger charge is -2.31. The molecule has 0 aromatic rings. The number of urea groups is 1. The van der Waals surface area contributed by atoms with Crippen LogP contribution in [0.4, 0.5) is 18.0 Å². The van der Waals surface area contributed by atoms with Crippen LogP contribution >= 0.6 is 0 Å². The van der Waals surface area contributed by atoms with Crippen LogP contribution in [0.25, 0.3) is 0 Å². The number of hydrogen-bond donors (Lipinski definition) is 3. The van der Waals surface area contributed by atoms with Gasteiger partial charge in [-0.1, -0.05) is 12.8 Å². The molecule has 1 saturated carbocycles. The van der Waals surface area contributed by atoms with Crippen LogP contribution in [0.2, 0.25) is 0 Å². The van der Waals surface area contributed by atoms with E-state index < -0.39 is 12.2 Å². The van der Waals surface area contributed by atoms with Crippen LogP contribution < -0.4 is 16.0 Å². The second-order valence-corrected chi connectivity index (χ2v) is 5.38. The van der Waals surface area contributed by atoms with Gasteiger partial charge in [0, 0.05) is 18.6 Å². The van der Waals surface area contributed by atoms with E-state index in [1.165, 1.54) is 0 Å². The first kappa shape index (κ1) is 14.4. The quantitative estimate of drug-likeness (QED) is 0.723. The number of carbonyl (C=O) groups is 1. The highest BCUT2D eigenvalue weighted by molar-refractivity contribution is 5.74. The van der Waals surface area contributed by atoms with Crippen LogP contribution in [-0.2, 0) is 0 Å². The van der Waals surface area contributed by atoms with E-state index in [1.54, 1.807) is 0 Å². The molecular formula is C12H20F3N3O. The summed E-state index contributed by atoms with van der Waals surface area (Å²) in [6.07, 6.45) is 0.412. The minimum absolute atomic E-state index is 0.0118. The Labute approximate surface area is 110 Å². The molecule has 0 spiro atoms. The third-order valence-electron chi connectivity index (χ3n) is 3.84. The number of alkyl halides is 3. The van der Waals surface area contributed by atoms with Crippen molar-refractivity contribution >= 4 is 6.03 Å². The summed E-state index contributed by atoms with van der Waals surface area (Å²) in [4.78, 5) is 11.7. The summed E-state index contributed by atoms with van der Waals surface area (Å²) in [7, 11) is 0. The molecule has 1 heterocycles. The van der Waals surface area contributed by atoms with Crippen molar-refractivity contribution in [3.8, 4) is 0 Å². The average molecular weight is 279 g/mol. The number of nitrogens with one attached hydrogen (secondary N) is 3. The molecule has 0 aromatic heterocycles. The molecule has 2 amide bonds. The van der Waals surface area contributed by atoms with Crippen molar-refractivity contribution in [2.24, 2.45) is 0 Å². The zero-order chi connectivity index (χ0) is 13.9. The van der Waals surface area contributed by atoms with Crippen molar-refractivity contribution < 1.29 is 18.0 Å². The van der Waals surface area contributed by atoms with Crippen LogP contribution in [0.1, 0.15) is 38.5 Å². The van der Waals surface area contributed by atoms with Gasteiger partial charge in [0.05, 0.1) is 0 Å². The van der Waals surface area contributed by atoms with Crippen molar-refractivity contribution in [2.45, 2.75) is 62.8 Å². The normalized spacial score (nSPS) is 29.2. The van der Waals surface area contributed by atoms with Gasteiger partial charge in [0.15, 0.2) is 0 Å². The van der Waals surface area contributed by atoms with E-state index in [2.05, 4.69) is 16.0 Å². The Hall–Kier alpha value is -0.980. The summed E-state index contributed by atoms with van der Waals surface area (Å²) in [6.45, 7) is 0.169. The monoisotopic (exact) mass is 279 g/mol. The third kappa shape index (κ3) is 4.26. The molecule has 110 valence electrons. The highest BCUT2D eigenvalue weighted by Crippen LogP contribution is 2.26. The highest BCUT2D eigenvalue weighted by Gasteiger charge is 2.41. The third-order valence-corrected chi connectivity index (χ3v) is 3.84. The van der Waals surface area contributed by atoms with Gasteiger partial charge in [-0.05, 0) is 25.7 Å². The lowest BCUT2D eigenvalue weighted by atomic mass is 10.0. The second-order valence-electron chi connectivity index (χ2n) is 5.38. The van der Waals surface area contributed by atoms with E-state index in [0.717, 1.165) is 25.7 Å². The summed E-state index contributed by atoms with van der Waals surface area (Å²) >= 11 is 0. The Morgan fingerprint density at radius 3 is 2.16 bits per heavy atom. The van der Waals surface area contributed by atoms with Crippen LogP contribution in [0.3, 0.4) is 0 Å². The lowest BCUT2D eigenvalue weighted by molar-refractivity contribution is -0.160. The van der Waals surface area contributed by atoms with Crippen molar-refractivity contribution in [3.63, 3.8) is 0 Å². The van der Waals surface area contributed by atoms with Crippen LogP contribution in [0, 0.1) is 0 Å². The molecular weight excluding hydrogens is 259 g/mol. The Morgan fingerprint density at radius 1 is 1.00 bits per heavy atom. The number of carbonyl (C=O) groups excluding carboxylic acids is 1. The average Bonchev–Trinajstić information content (AvgIpc) is 2.81. The van der Waals surface area contributed by atoms with E-state index in [4.69, 9.17) is 0 Å². The van der Waals surface area contributed by atoms with Crippen LogP contribution in [0.15, 0.2) is 0 Å². The summed E-state index contributed by atoms with van der Waals surface area (Å²) < 4.78 is 37.3. The van der Waals surface area contributed by atoms with Gasteiger partial charge in [-0.2, -0.15) is 13.2 Å². The van der Waals surface area contributed by atoms with E-state index >= 15 is 0 Å². The topological polar surface area (TPSA) is 53.2 Å². The Morgan fingerprint density at radius 2 is 1.63 bits per heavy atom. The predicted molar refractivity (Wildman–Crippen MR) is 64.8 cm³/mol. The molecule has 2 aliphatic rings. The van der Waals surface area contributed by atoms with E-state index in [-0.39, 0.29) is 31.1 Å². The number of hydrogen-bond acceptors (Lipinski definition) is 2. The van der Waals surface area contributed by atoms with Gasteiger partial charge < -0.3 is 16.0 Å². The standard InChI is InChI=1S/C12H20F3N3O/c13-12(14,15)10-6-5-9(7-16-10)18-11(19)17-8-3-1-2-4-8/h8-10,16H,1-7H2,(H2,17,18,19). The second kappa shape index (κ2) is 5.98. The molecule has 4 nitrogen and oxygen atoms in total. The fourth-order valence-electron chi connectivity index (χ4n) is 2.74. The van der Waals surface area contributed by atoms with E-state index in [1.807, 2.05) is 0 Å². The van der Waals surface area contributed by atoms with Gasteiger partial charge in [0.25, 0.3) is 0 Å². The zero-order valence-corrected chi connectivity index (χ0v) is 10.7. The molecule has 19 heavy (non-hydrogen) atoms. The maximum absolute atomic E-state index is 12.4. The number of amides is 2. The minimum Gasteiger partial charge on any atom is -0.335 e. The van der Waals surface area contributed by atoms with Crippen molar-refractivity contribution in [3.05, 3.63) is 0 Å². The smallest absolute Gasteiger partial charge is 0.335 e. The summed E-state index contributed by atoms with van der Waals surface area (Å²) in [6, 6.07) is -1.70. The van der Waals surface area contributed by atoms with Gasteiger partial charge in [0.2, 0.25) is 0 Å². The van der Waals surface area contributed by atoms with Crippen molar-refractivity contribution in [1.29, 1.82) is 0 Å². The predicted octanol–water partition coefficient (Wildman–Crippen LogP) is 1.91. The van der Waals surface area contributed by atoms with Crippen molar-refractivity contribution in [1.82, 2.24) is 16.0 Å². The summed E-state index contributed by atoms with van der Waals surface area (Å²) in [5.41, 5.74) is 0. The van der Waals surface area contributed by atoms with Gasteiger partial charge in [-0.25, -0.2) is 4.79 Å². The molecule has 7 heteroatoms. The largest absolute Gasteiger partial charge is 0.403 e. The molecule has 3 N–H and O–H groups in total. The molecule has 0 aromatic carbocycles. The first-order chi connectivity index (χ1) is 8.95. The van der Waals surface area contributed by atoms with Gasteiger partial charge in [0.1, 0.15) is 6.04 Å². The maximum Gasteiger partial charge on any atom is 0.403 e. The van der Waals surface area contributed by atoms with E-state index in [9.17, 15) is 18.0 Å². The molecule has 2 unspecified atom stereocenters. The molecule has 1 saturated heterocycles. The van der Waals surface area contributed by atoms with Crippen LogP contribution in [0.5, 0.6) is 0 Å².